The maximum Gasteiger partial charge on any atom is 0.146 e. The Morgan fingerprint density at radius 1 is 1.17 bits per heavy atom. The zero-order chi connectivity index (χ0) is 13.1. The summed E-state index contributed by atoms with van der Waals surface area (Å²) in [5.74, 6) is 0.680. The van der Waals surface area contributed by atoms with Gasteiger partial charge in [-0.1, -0.05) is 49.5 Å². The standard InChI is InChI=1S/C13H8Br2ClFO/c14-7-8-1-3-10(6-11(8)15)18-13-4-2-9(17)5-12(13)16/h1-6H,7H2. The first-order valence-electron chi connectivity index (χ1n) is 5.07. The summed E-state index contributed by atoms with van der Waals surface area (Å²) in [5.41, 5.74) is 1.12. The van der Waals surface area contributed by atoms with Crippen molar-refractivity contribution in [1.82, 2.24) is 0 Å². The maximum atomic E-state index is 12.9. The van der Waals surface area contributed by atoms with Gasteiger partial charge in [0.05, 0.1) is 5.02 Å². The third-order valence-electron chi connectivity index (χ3n) is 2.29. The summed E-state index contributed by atoms with van der Waals surface area (Å²) in [5, 5.41) is 1.00. The Hall–Kier alpha value is -0.580. The Bertz CT molecular complexity index is 575. The third kappa shape index (κ3) is 3.25. The van der Waals surface area contributed by atoms with Gasteiger partial charge in [-0.15, -0.1) is 0 Å². The van der Waals surface area contributed by atoms with Crippen molar-refractivity contribution in [2.24, 2.45) is 0 Å². The Balaban J connectivity index is 2.26. The smallest absolute Gasteiger partial charge is 0.146 e. The van der Waals surface area contributed by atoms with E-state index in [4.69, 9.17) is 16.3 Å². The maximum absolute atomic E-state index is 12.9. The first kappa shape index (κ1) is 13.8. The van der Waals surface area contributed by atoms with Crippen LogP contribution in [0, 0.1) is 5.82 Å². The van der Waals surface area contributed by atoms with Gasteiger partial charge in [0.15, 0.2) is 0 Å². The molecule has 2 rings (SSSR count). The summed E-state index contributed by atoms with van der Waals surface area (Å²) in [6.07, 6.45) is 0. The van der Waals surface area contributed by atoms with Gasteiger partial charge in [0.2, 0.25) is 0 Å². The fourth-order valence-corrected chi connectivity index (χ4v) is 2.95. The average molecular weight is 394 g/mol. The van der Waals surface area contributed by atoms with E-state index < -0.39 is 0 Å². The van der Waals surface area contributed by atoms with Gasteiger partial charge in [0.25, 0.3) is 0 Å². The van der Waals surface area contributed by atoms with Gasteiger partial charge < -0.3 is 4.74 Å². The monoisotopic (exact) mass is 392 g/mol. The minimum atomic E-state index is -0.386. The molecule has 0 aliphatic rings. The van der Waals surface area contributed by atoms with Crippen molar-refractivity contribution in [3.8, 4) is 11.5 Å². The van der Waals surface area contributed by atoms with E-state index in [9.17, 15) is 4.39 Å². The first-order chi connectivity index (χ1) is 8.60. The Morgan fingerprint density at radius 2 is 1.94 bits per heavy atom. The number of ether oxygens (including phenoxy) is 1. The zero-order valence-corrected chi connectivity index (χ0v) is 13.0. The van der Waals surface area contributed by atoms with E-state index in [1.165, 1.54) is 18.2 Å². The van der Waals surface area contributed by atoms with Gasteiger partial charge in [0.1, 0.15) is 17.3 Å². The van der Waals surface area contributed by atoms with E-state index >= 15 is 0 Å². The number of alkyl halides is 1. The molecule has 0 radical (unpaired) electrons. The highest BCUT2D eigenvalue weighted by Crippen LogP contribution is 2.32. The molecule has 2 aromatic carbocycles. The SMILES string of the molecule is Fc1ccc(Oc2ccc(CBr)c(Br)c2)c(Cl)c1. The Labute approximate surface area is 126 Å². The van der Waals surface area contributed by atoms with Crippen molar-refractivity contribution in [3.63, 3.8) is 0 Å². The van der Waals surface area contributed by atoms with Crippen molar-refractivity contribution in [1.29, 1.82) is 0 Å². The lowest BCUT2D eigenvalue weighted by molar-refractivity contribution is 0.480. The largest absolute Gasteiger partial charge is 0.456 e. The van der Waals surface area contributed by atoms with Crippen LogP contribution < -0.4 is 4.74 Å². The van der Waals surface area contributed by atoms with Gasteiger partial charge in [-0.3, -0.25) is 0 Å². The average Bonchev–Trinajstić information content (AvgIpc) is 2.33. The Morgan fingerprint density at radius 3 is 2.56 bits per heavy atom. The van der Waals surface area contributed by atoms with Crippen LogP contribution >= 0.6 is 43.5 Å². The molecular formula is C13H8Br2ClFO. The third-order valence-corrected chi connectivity index (χ3v) is 3.93. The molecule has 0 saturated heterocycles. The molecule has 0 heterocycles. The zero-order valence-electron chi connectivity index (χ0n) is 9.09. The molecule has 0 aromatic heterocycles. The molecule has 0 aliphatic heterocycles. The predicted molar refractivity (Wildman–Crippen MR) is 78.3 cm³/mol. The molecule has 0 bridgehead atoms. The number of benzene rings is 2. The summed E-state index contributed by atoms with van der Waals surface area (Å²) in [6.45, 7) is 0. The molecule has 18 heavy (non-hydrogen) atoms. The minimum Gasteiger partial charge on any atom is -0.456 e. The molecule has 0 unspecified atom stereocenters. The molecule has 1 nitrogen and oxygen atoms in total. The van der Waals surface area contributed by atoms with Crippen LogP contribution in [0.1, 0.15) is 5.56 Å². The second-order valence-electron chi connectivity index (χ2n) is 3.56. The molecule has 0 spiro atoms. The van der Waals surface area contributed by atoms with Crippen LogP contribution in [-0.2, 0) is 5.33 Å². The number of hydrogen-bond donors (Lipinski definition) is 0. The fraction of sp³-hybridized carbons (Fsp3) is 0.0769. The van der Waals surface area contributed by atoms with Crippen molar-refractivity contribution < 1.29 is 9.13 Å². The molecule has 0 N–H and O–H groups in total. The van der Waals surface area contributed by atoms with Crippen LogP contribution in [0.5, 0.6) is 11.5 Å². The fourth-order valence-electron chi connectivity index (χ4n) is 1.38. The van der Waals surface area contributed by atoms with E-state index in [0.29, 0.717) is 11.5 Å². The lowest BCUT2D eigenvalue weighted by Crippen LogP contribution is -1.88. The molecular weight excluding hydrogens is 386 g/mol. The molecule has 0 atom stereocenters. The summed E-state index contributed by atoms with van der Waals surface area (Å²) in [4.78, 5) is 0. The van der Waals surface area contributed by atoms with Crippen LogP contribution in [0.25, 0.3) is 0 Å². The van der Waals surface area contributed by atoms with Crippen LogP contribution in [0.15, 0.2) is 40.9 Å². The number of rotatable bonds is 3. The molecule has 0 aliphatic carbocycles. The van der Waals surface area contributed by atoms with E-state index in [1.807, 2.05) is 18.2 Å². The van der Waals surface area contributed by atoms with Gasteiger partial charge in [-0.2, -0.15) is 0 Å². The van der Waals surface area contributed by atoms with Crippen molar-refractivity contribution >= 4 is 43.5 Å². The van der Waals surface area contributed by atoms with Gasteiger partial charge in [-0.25, -0.2) is 4.39 Å². The summed E-state index contributed by atoms with van der Waals surface area (Å²) < 4.78 is 19.4. The van der Waals surface area contributed by atoms with E-state index in [1.54, 1.807) is 0 Å². The van der Waals surface area contributed by atoms with Crippen LogP contribution in [-0.4, -0.2) is 0 Å². The van der Waals surface area contributed by atoms with Gasteiger partial charge in [0, 0.05) is 9.80 Å². The van der Waals surface area contributed by atoms with Crippen molar-refractivity contribution in [2.75, 3.05) is 0 Å². The molecule has 0 fully saturated rings. The van der Waals surface area contributed by atoms with Crippen LogP contribution in [0.2, 0.25) is 5.02 Å². The second-order valence-corrected chi connectivity index (χ2v) is 5.39. The molecule has 94 valence electrons. The van der Waals surface area contributed by atoms with Crippen molar-refractivity contribution in [3.05, 3.63) is 57.3 Å². The number of hydrogen-bond acceptors (Lipinski definition) is 1. The summed E-state index contributed by atoms with van der Waals surface area (Å²) in [7, 11) is 0. The highest BCUT2D eigenvalue weighted by molar-refractivity contribution is 9.10. The summed E-state index contributed by atoms with van der Waals surface area (Å²) in [6, 6.07) is 9.65. The molecule has 0 saturated carbocycles. The Kier molecular flexibility index (Phi) is 4.65. The molecule has 5 heteroatoms. The van der Waals surface area contributed by atoms with E-state index in [0.717, 1.165) is 15.4 Å². The highest BCUT2D eigenvalue weighted by atomic mass is 79.9. The highest BCUT2D eigenvalue weighted by Gasteiger charge is 2.06. The molecule has 2 aromatic rings. The first-order valence-corrected chi connectivity index (χ1v) is 7.36. The van der Waals surface area contributed by atoms with Gasteiger partial charge in [-0.05, 0) is 35.9 Å². The normalized spacial score (nSPS) is 10.4. The van der Waals surface area contributed by atoms with E-state index in [2.05, 4.69) is 31.9 Å². The second kappa shape index (κ2) is 6.04. The lowest BCUT2D eigenvalue weighted by Gasteiger charge is -2.09. The number of halogens is 4. The minimum absolute atomic E-state index is 0.246. The quantitative estimate of drug-likeness (QED) is 0.587. The van der Waals surface area contributed by atoms with Crippen molar-refractivity contribution in [2.45, 2.75) is 5.33 Å². The van der Waals surface area contributed by atoms with E-state index in [-0.39, 0.29) is 10.8 Å². The van der Waals surface area contributed by atoms with Crippen LogP contribution in [0.4, 0.5) is 4.39 Å². The van der Waals surface area contributed by atoms with Crippen LogP contribution in [0.3, 0.4) is 0 Å². The van der Waals surface area contributed by atoms with Gasteiger partial charge >= 0.3 is 0 Å². The lowest BCUT2D eigenvalue weighted by atomic mass is 10.2. The summed E-state index contributed by atoms with van der Waals surface area (Å²) >= 11 is 12.7. The predicted octanol–water partition coefficient (Wildman–Crippen LogP) is 5.93. The topological polar surface area (TPSA) is 9.23 Å². The molecule has 0 amide bonds.